The van der Waals surface area contributed by atoms with Crippen LogP contribution in [-0.4, -0.2) is 6.03 Å². The molecule has 2 aromatic carbocycles. The number of benzene rings is 2. The zero-order valence-electron chi connectivity index (χ0n) is 10.8. The molecule has 0 unspecified atom stereocenters. The van der Waals surface area contributed by atoms with Crippen molar-refractivity contribution in [2.24, 2.45) is 0 Å². The molecule has 0 aromatic heterocycles. The lowest BCUT2D eigenvalue weighted by Gasteiger charge is -2.10. The lowest BCUT2D eigenvalue weighted by molar-refractivity contribution is 0.262. The van der Waals surface area contributed by atoms with Crippen LogP contribution in [0.4, 0.5) is 20.6 Å². The first kappa shape index (κ1) is 13.1. The van der Waals surface area contributed by atoms with E-state index in [9.17, 15) is 9.18 Å². The minimum atomic E-state index is -0.391. The Morgan fingerprint density at radius 1 is 1.05 bits per heavy atom. The summed E-state index contributed by atoms with van der Waals surface area (Å²) in [4.78, 5) is 11.8. The summed E-state index contributed by atoms with van der Waals surface area (Å²) in [6.07, 6.45) is 0. The van der Waals surface area contributed by atoms with Crippen LogP contribution in [0.25, 0.3) is 0 Å². The van der Waals surface area contributed by atoms with E-state index in [1.807, 2.05) is 32.0 Å². The number of rotatable bonds is 2. The molecule has 0 atom stereocenters. The fourth-order valence-electron chi connectivity index (χ4n) is 1.80. The number of urea groups is 1. The molecule has 0 aliphatic heterocycles. The molecule has 0 heterocycles. The minimum Gasteiger partial charge on any atom is -0.308 e. The van der Waals surface area contributed by atoms with E-state index in [1.165, 1.54) is 12.1 Å². The third-order valence-corrected chi connectivity index (χ3v) is 2.71. The summed E-state index contributed by atoms with van der Waals surface area (Å²) in [5, 5.41) is 5.32. The van der Waals surface area contributed by atoms with Gasteiger partial charge in [0.1, 0.15) is 5.82 Å². The first-order chi connectivity index (χ1) is 9.04. The Labute approximate surface area is 111 Å². The summed E-state index contributed by atoms with van der Waals surface area (Å²) in [6.45, 7) is 3.91. The number of nitrogens with one attached hydrogen (secondary N) is 2. The fraction of sp³-hybridized carbons (Fsp3) is 0.133. The molecular formula is C15H15FN2O. The van der Waals surface area contributed by atoms with Crippen LogP contribution in [0.3, 0.4) is 0 Å². The number of hydrogen-bond acceptors (Lipinski definition) is 1. The monoisotopic (exact) mass is 258 g/mol. The maximum atomic E-state index is 13.0. The second kappa shape index (κ2) is 5.52. The standard InChI is InChI=1S/C15H15FN2O/c1-10-6-7-14(11(2)8-10)18-15(19)17-13-5-3-4-12(16)9-13/h3-9H,1-2H3,(H2,17,18,19). The minimum absolute atomic E-state index is 0.385. The van der Waals surface area contributed by atoms with Gasteiger partial charge in [-0.1, -0.05) is 23.8 Å². The van der Waals surface area contributed by atoms with Gasteiger partial charge in [0.15, 0.2) is 0 Å². The van der Waals surface area contributed by atoms with Crippen molar-refractivity contribution >= 4 is 17.4 Å². The van der Waals surface area contributed by atoms with Crippen molar-refractivity contribution in [1.82, 2.24) is 0 Å². The molecule has 2 N–H and O–H groups in total. The molecule has 0 bridgehead atoms. The van der Waals surface area contributed by atoms with Crippen molar-refractivity contribution in [1.29, 1.82) is 0 Å². The van der Waals surface area contributed by atoms with Crippen LogP contribution >= 0.6 is 0 Å². The van der Waals surface area contributed by atoms with Gasteiger partial charge in [-0.25, -0.2) is 9.18 Å². The van der Waals surface area contributed by atoms with Crippen molar-refractivity contribution < 1.29 is 9.18 Å². The van der Waals surface area contributed by atoms with Crippen molar-refractivity contribution in [3.63, 3.8) is 0 Å². The van der Waals surface area contributed by atoms with Crippen LogP contribution in [0.1, 0.15) is 11.1 Å². The number of hydrogen-bond donors (Lipinski definition) is 2. The quantitative estimate of drug-likeness (QED) is 0.837. The predicted molar refractivity (Wildman–Crippen MR) is 75.0 cm³/mol. The molecule has 3 nitrogen and oxygen atoms in total. The molecule has 4 heteroatoms. The number of aryl methyl sites for hydroxylation is 2. The highest BCUT2D eigenvalue weighted by Gasteiger charge is 2.05. The molecule has 0 aliphatic rings. The van der Waals surface area contributed by atoms with E-state index in [0.717, 1.165) is 16.8 Å². The van der Waals surface area contributed by atoms with Gasteiger partial charge in [-0.15, -0.1) is 0 Å². The Morgan fingerprint density at radius 3 is 2.53 bits per heavy atom. The maximum absolute atomic E-state index is 13.0. The molecule has 0 saturated carbocycles. The second-order valence-corrected chi connectivity index (χ2v) is 4.41. The first-order valence-electron chi connectivity index (χ1n) is 5.95. The smallest absolute Gasteiger partial charge is 0.308 e. The van der Waals surface area contributed by atoms with Crippen molar-refractivity contribution in [2.45, 2.75) is 13.8 Å². The Morgan fingerprint density at radius 2 is 1.84 bits per heavy atom. The van der Waals surface area contributed by atoms with E-state index in [4.69, 9.17) is 0 Å². The van der Waals surface area contributed by atoms with E-state index in [1.54, 1.807) is 12.1 Å². The summed E-state index contributed by atoms with van der Waals surface area (Å²) in [6, 6.07) is 11.1. The zero-order chi connectivity index (χ0) is 13.8. The molecule has 0 spiro atoms. The summed E-state index contributed by atoms with van der Waals surface area (Å²) >= 11 is 0. The van der Waals surface area contributed by atoms with Gasteiger partial charge in [-0.2, -0.15) is 0 Å². The van der Waals surface area contributed by atoms with Crippen molar-refractivity contribution in [3.05, 3.63) is 59.4 Å². The van der Waals surface area contributed by atoms with Gasteiger partial charge >= 0.3 is 6.03 Å². The Bertz CT molecular complexity index is 611. The number of carbonyl (C=O) groups excluding carboxylic acids is 1. The Balaban J connectivity index is 2.05. The van der Waals surface area contributed by atoms with Gasteiger partial charge in [0.25, 0.3) is 0 Å². The number of carbonyl (C=O) groups is 1. The SMILES string of the molecule is Cc1ccc(NC(=O)Nc2cccc(F)c2)c(C)c1. The van der Waals surface area contributed by atoms with E-state index in [0.29, 0.717) is 5.69 Å². The average molecular weight is 258 g/mol. The van der Waals surface area contributed by atoms with Gasteiger partial charge in [0, 0.05) is 11.4 Å². The molecule has 0 fully saturated rings. The van der Waals surface area contributed by atoms with E-state index in [2.05, 4.69) is 10.6 Å². The van der Waals surface area contributed by atoms with Crippen LogP contribution in [0.5, 0.6) is 0 Å². The zero-order valence-corrected chi connectivity index (χ0v) is 10.8. The average Bonchev–Trinajstić information content (AvgIpc) is 2.33. The molecule has 0 aliphatic carbocycles. The van der Waals surface area contributed by atoms with Crippen LogP contribution in [-0.2, 0) is 0 Å². The van der Waals surface area contributed by atoms with Crippen LogP contribution in [0, 0.1) is 19.7 Å². The molecule has 98 valence electrons. The van der Waals surface area contributed by atoms with E-state index in [-0.39, 0.29) is 5.82 Å². The molecular weight excluding hydrogens is 243 g/mol. The lowest BCUT2D eigenvalue weighted by atomic mass is 10.1. The third-order valence-electron chi connectivity index (χ3n) is 2.71. The molecule has 0 radical (unpaired) electrons. The third kappa shape index (κ3) is 3.55. The van der Waals surface area contributed by atoms with Gasteiger partial charge in [0.05, 0.1) is 0 Å². The molecule has 0 saturated heterocycles. The second-order valence-electron chi connectivity index (χ2n) is 4.41. The molecule has 19 heavy (non-hydrogen) atoms. The van der Waals surface area contributed by atoms with Crippen molar-refractivity contribution in [3.8, 4) is 0 Å². The largest absolute Gasteiger partial charge is 0.323 e. The molecule has 2 aromatic rings. The topological polar surface area (TPSA) is 41.1 Å². The predicted octanol–water partition coefficient (Wildman–Crippen LogP) is 4.09. The number of halogens is 1. The normalized spacial score (nSPS) is 10.1. The van der Waals surface area contributed by atoms with E-state index < -0.39 is 6.03 Å². The van der Waals surface area contributed by atoms with E-state index >= 15 is 0 Å². The number of anilines is 2. The maximum Gasteiger partial charge on any atom is 0.323 e. The van der Waals surface area contributed by atoms with Gasteiger partial charge in [-0.3, -0.25) is 0 Å². The summed E-state index contributed by atoms with van der Waals surface area (Å²) in [5.41, 5.74) is 3.27. The highest BCUT2D eigenvalue weighted by molar-refractivity contribution is 6.00. The summed E-state index contributed by atoms with van der Waals surface area (Å²) < 4.78 is 13.0. The molecule has 2 amide bonds. The first-order valence-corrected chi connectivity index (χ1v) is 5.95. The highest BCUT2D eigenvalue weighted by Crippen LogP contribution is 2.16. The lowest BCUT2D eigenvalue weighted by Crippen LogP contribution is -2.20. The molecule has 2 rings (SSSR count). The Hall–Kier alpha value is -2.36. The van der Waals surface area contributed by atoms with Gasteiger partial charge < -0.3 is 10.6 Å². The highest BCUT2D eigenvalue weighted by atomic mass is 19.1. The summed E-state index contributed by atoms with van der Waals surface area (Å²) in [7, 11) is 0. The van der Waals surface area contributed by atoms with Gasteiger partial charge in [-0.05, 0) is 43.7 Å². The van der Waals surface area contributed by atoms with Crippen LogP contribution in [0.2, 0.25) is 0 Å². The fourth-order valence-corrected chi connectivity index (χ4v) is 1.80. The Kier molecular flexibility index (Phi) is 3.80. The van der Waals surface area contributed by atoms with Gasteiger partial charge in [0.2, 0.25) is 0 Å². The van der Waals surface area contributed by atoms with Crippen LogP contribution in [0.15, 0.2) is 42.5 Å². The van der Waals surface area contributed by atoms with Crippen LogP contribution < -0.4 is 10.6 Å². The number of amides is 2. The summed E-state index contributed by atoms with van der Waals surface area (Å²) in [5.74, 6) is -0.385. The van der Waals surface area contributed by atoms with Crippen molar-refractivity contribution in [2.75, 3.05) is 10.6 Å².